The van der Waals surface area contributed by atoms with Crippen molar-refractivity contribution in [3.63, 3.8) is 0 Å². The second kappa shape index (κ2) is 8.70. The molecule has 1 aliphatic rings. The zero-order valence-corrected chi connectivity index (χ0v) is 21.4. The molecule has 196 valence electrons. The molecule has 0 saturated heterocycles. The van der Waals surface area contributed by atoms with E-state index in [-0.39, 0.29) is 28.9 Å². The van der Waals surface area contributed by atoms with Gasteiger partial charge < -0.3 is 19.7 Å². The van der Waals surface area contributed by atoms with Gasteiger partial charge in [-0.2, -0.15) is 13.2 Å². The fourth-order valence-electron chi connectivity index (χ4n) is 4.93. The predicted molar refractivity (Wildman–Crippen MR) is 128 cm³/mol. The summed E-state index contributed by atoms with van der Waals surface area (Å²) in [5.74, 6) is -0.162. The second-order valence-corrected chi connectivity index (χ2v) is 12.0. The van der Waals surface area contributed by atoms with Crippen LogP contribution in [0.2, 0.25) is 0 Å². The number of aliphatic hydroxyl groups is 2. The summed E-state index contributed by atoms with van der Waals surface area (Å²) in [6, 6.07) is 4.64. The monoisotopic (exact) mass is 526 g/mol. The van der Waals surface area contributed by atoms with Crippen molar-refractivity contribution < 1.29 is 31.8 Å². The maximum atomic E-state index is 13.9. The number of rotatable bonds is 5. The average Bonchev–Trinajstić information content (AvgIpc) is 3.12. The first kappa shape index (κ1) is 26.4. The lowest BCUT2D eigenvalue weighted by Gasteiger charge is -2.40. The fraction of sp³-hybridized carbons (Fsp3) is 0.500. The van der Waals surface area contributed by atoms with Gasteiger partial charge >= 0.3 is 6.18 Å². The van der Waals surface area contributed by atoms with Crippen LogP contribution in [-0.4, -0.2) is 46.0 Å². The first-order chi connectivity index (χ1) is 16.5. The molecule has 1 aromatic carbocycles. The van der Waals surface area contributed by atoms with Crippen molar-refractivity contribution in [3.8, 4) is 0 Å². The van der Waals surface area contributed by atoms with E-state index in [1.165, 1.54) is 13.8 Å². The van der Waals surface area contributed by atoms with E-state index in [1.54, 1.807) is 17.0 Å². The van der Waals surface area contributed by atoms with E-state index in [1.807, 2.05) is 24.5 Å². The van der Waals surface area contributed by atoms with Crippen molar-refractivity contribution in [2.75, 3.05) is 17.7 Å². The summed E-state index contributed by atoms with van der Waals surface area (Å²) in [4.78, 5) is 9.84. The molecule has 1 atom stereocenters. The zero-order chi connectivity index (χ0) is 26.8. The summed E-state index contributed by atoms with van der Waals surface area (Å²) in [5, 5.41) is 20.7. The number of fused-ring (bicyclic) bond motifs is 3. The SMILES string of the molecule is CC(C)C1c2cc3cc(CO)c(S(C)(=O)=O)cc3n2CCN1c1ncc(C(C)(C)O)c(C(F)(F)F)n1. The molecule has 0 aliphatic carbocycles. The highest BCUT2D eigenvalue weighted by Crippen LogP contribution is 2.41. The Hall–Kier alpha value is -2.70. The summed E-state index contributed by atoms with van der Waals surface area (Å²) in [7, 11) is -3.59. The van der Waals surface area contributed by atoms with E-state index >= 15 is 0 Å². The van der Waals surface area contributed by atoms with Gasteiger partial charge in [-0.05, 0) is 43.5 Å². The molecular formula is C24H29F3N4O4S. The number of sulfone groups is 1. The van der Waals surface area contributed by atoms with Gasteiger partial charge in [-0.3, -0.25) is 0 Å². The molecule has 0 spiro atoms. The summed E-state index contributed by atoms with van der Waals surface area (Å²) in [5.41, 5.74) is -1.63. The Bertz CT molecular complexity index is 1430. The molecule has 0 bridgehead atoms. The summed E-state index contributed by atoms with van der Waals surface area (Å²) in [6.07, 6.45) is -2.68. The van der Waals surface area contributed by atoms with E-state index in [4.69, 9.17) is 0 Å². The number of aromatic nitrogens is 3. The number of nitrogens with zero attached hydrogens (tertiary/aromatic N) is 4. The molecule has 3 aromatic rings. The first-order valence-corrected chi connectivity index (χ1v) is 13.3. The number of anilines is 1. The van der Waals surface area contributed by atoms with Crippen LogP contribution < -0.4 is 4.90 Å². The lowest BCUT2D eigenvalue weighted by molar-refractivity contribution is -0.144. The quantitative estimate of drug-likeness (QED) is 0.521. The molecule has 4 rings (SSSR count). The van der Waals surface area contributed by atoms with Crippen molar-refractivity contribution in [2.45, 2.75) is 63.6 Å². The minimum atomic E-state index is -4.78. The molecule has 36 heavy (non-hydrogen) atoms. The number of aliphatic hydroxyl groups excluding tert-OH is 1. The highest BCUT2D eigenvalue weighted by atomic mass is 32.2. The number of hydrogen-bond acceptors (Lipinski definition) is 7. The molecule has 12 heteroatoms. The van der Waals surface area contributed by atoms with Crippen LogP contribution in [0.4, 0.5) is 19.1 Å². The van der Waals surface area contributed by atoms with E-state index in [0.717, 1.165) is 23.5 Å². The fourth-order valence-corrected chi connectivity index (χ4v) is 5.85. The number of halogens is 3. The Kier molecular flexibility index (Phi) is 6.37. The number of alkyl halides is 3. The average molecular weight is 527 g/mol. The molecule has 2 aromatic heterocycles. The van der Waals surface area contributed by atoms with Crippen LogP contribution in [0.5, 0.6) is 0 Å². The van der Waals surface area contributed by atoms with Gasteiger partial charge in [0.2, 0.25) is 5.95 Å². The third kappa shape index (κ3) is 4.57. The van der Waals surface area contributed by atoms with Crippen molar-refractivity contribution in [1.82, 2.24) is 14.5 Å². The van der Waals surface area contributed by atoms with Gasteiger partial charge in [0.15, 0.2) is 15.5 Å². The standard InChI is InChI=1S/C24H29F3N4O4S/c1-13(2)20-18-9-14-8-15(12-32)19(36(5,34)35)10-17(14)30(18)6-7-31(20)22-28-11-16(23(3,4)33)21(29-22)24(25,26)27/h8-11,13,20,32-33H,6-7,12H2,1-5H3. The summed E-state index contributed by atoms with van der Waals surface area (Å²) in [6.45, 7) is 6.57. The molecule has 0 fully saturated rings. The molecule has 0 amide bonds. The lowest BCUT2D eigenvalue weighted by atomic mass is 9.96. The van der Waals surface area contributed by atoms with Gasteiger partial charge in [0.05, 0.1) is 23.1 Å². The van der Waals surface area contributed by atoms with E-state index < -0.39 is 45.5 Å². The van der Waals surface area contributed by atoms with Gasteiger partial charge in [0.1, 0.15) is 0 Å². The molecule has 1 aliphatic heterocycles. The van der Waals surface area contributed by atoms with Crippen LogP contribution in [0.1, 0.15) is 56.3 Å². The minimum Gasteiger partial charge on any atom is -0.392 e. The highest BCUT2D eigenvalue weighted by Gasteiger charge is 2.41. The summed E-state index contributed by atoms with van der Waals surface area (Å²) < 4.78 is 68.2. The van der Waals surface area contributed by atoms with Gasteiger partial charge in [0, 0.05) is 47.7 Å². The van der Waals surface area contributed by atoms with Gasteiger partial charge in [-0.25, -0.2) is 18.4 Å². The normalized spacial score (nSPS) is 17.2. The molecule has 1 unspecified atom stereocenters. The lowest BCUT2D eigenvalue weighted by Crippen LogP contribution is -2.42. The maximum Gasteiger partial charge on any atom is 0.433 e. The molecular weight excluding hydrogens is 497 g/mol. The van der Waals surface area contributed by atoms with Crippen LogP contribution >= 0.6 is 0 Å². The van der Waals surface area contributed by atoms with Crippen molar-refractivity contribution in [1.29, 1.82) is 0 Å². The van der Waals surface area contributed by atoms with Crippen molar-refractivity contribution >= 4 is 26.7 Å². The second-order valence-electron chi connectivity index (χ2n) is 10.0. The number of benzene rings is 1. The van der Waals surface area contributed by atoms with Crippen LogP contribution in [0, 0.1) is 5.92 Å². The molecule has 2 N–H and O–H groups in total. The predicted octanol–water partition coefficient (Wildman–Crippen LogP) is 3.79. The Morgan fingerprint density at radius 2 is 1.83 bits per heavy atom. The topological polar surface area (TPSA) is 109 Å². The molecule has 0 radical (unpaired) electrons. The van der Waals surface area contributed by atoms with E-state index in [9.17, 15) is 31.8 Å². The third-order valence-corrected chi connectivity index (χ3v) is 7.66. The van der Waals surface area contributed by atoms with E-state index in [2.05, 4.69) is 9.97 Å². The van der Waals surface area contributed by atoms with E-state index in [0.29, 0.717) is 12.1 Å². The summed E-state index contributed by atoms with van der Waals surface area (Å²) >= 11 is 0. The third-order valence-electron chi connectivity index (χ3n) is 6.48. The van der Waals surface area contributed by atoms with Gasteiger partial charge in [-0.15, -0.1) is 0 Å². The Morgan fingerprint density at radius 3 is 2.36 bits per heavy atom. The molecule has 8 nitrogen and oxygen atoms in total. The van der Waals surface area contributed by atoms with Crippen LogP contribution in [0.15, 0.2) is 29.3 Å². The highest BCUT2D eigenvalue weighted by molar-refractivity contribution is 7.90. The van der Waals surface area contributed by atoms with Crippen molar-refractivity contribution in [3.05, 3.63) is 46.9 Å². The largest absolute Gasteiger partial charge is 0.433 e. The van der Waals surface area contributed by atoms with Crippen molar-refractivity contribution in [2.24, 2.45) is 5.92 Å². The molecule has 3 heterocycles. The minimum absolute atomic E-state index is 0.0438. The Balaban J connectivity index is 1.88. The first-order valence-electron chi connectivity index (χ1n) is 11.4. The smallest absolute Gasteiger partial charge is 0.392 e. The molecule has 0 saturated carbocycles. The number of hydrogen-bond donors (Lipinski definition) is 2. The maximum absolute atomic E-state index is 13.9. The van der Waals surface area contributed by atoms with Gasteiger partial charge in [-0.1, -0.05) is 13.8 Å². The zero-order valence-electron chi connectivity index (χ0n) is 20.6. The van der Waals surface area contributed by atoms with Gasteiger partial charge in [0.25, 0.3) is 0 Å². The van der Waals surface area contributed by atoms with Crippen LogP contribution in [0.3, 0.4) is 0 Å². The van der Waals surface area contributed by atoms with Crippen LogP contribution in [-0.2, 0) is 34.8 Å². The Morgan fingerprint density at radius 1 is 1.17 bits per heavy atom. The van der Waals surface area contributed by atoms with Crippen LogP contribution in [0.25, 0.3) is 10.9 Å². The Labute approximate surface area is 207 Å².